The first-order chi connectivity index (χ1) is 9.10. The van der Waals surface area contributed by atoms with Crippen LogP contribution in [0.15, 0.2) is 27.2 Å². The Kier molecular flexibility index (Phi) is 4.24. The van der Waals surface area contributed by atoms with Gasteiger partial charge in [-0.3, -0.25) is 0 Å². The summed E-state index contributed by atoms with van der Waals surface area (Å²) < 4.78 is 18.5. The standard InChI is InChI=1S/C12H9BrFN3O2/c13-10-5-7(14)1-2-9(10)12-16-11(19-17-12)6-8(18)3-4-15/h1-2,5,8,18H,3,6H2. The molecule has 0 saturated heterocycles. The minimum absolute atomic E-state index is 0.00203. The number of hydrogen-bond acceptors (Lipinski definition) is 5. The first-order valence-corrected chi connectivity index (χ1v) is 6.22. The Morgan fingerprint density at radius 1 is 1.53 bits per heavy atom. The van der Waals surface area contributed by atoms with Crippen molar-refractivity contribution in [2.24, 2.45) is 0 Å². The minimum Gasteiger partial charge on any atom is -0.392 e. The third kappa shape index (κ3) is 3.36. The molecule has 5 nitrogen and oxygen atoms in total. The van der Waals surface area contributed by atoms with Crippen LogP contribution in [0, 0.1) is 17.1 Å². The SMILES string of the molecule is N#CCC(O)Cc1nc(-c2ccc(F)cc2Br)no1. The highest BCUT2D eigenvalue weighted by molar-refractivity contribution is 9.10. The number of benzene rings is 1. The van der Waals surface area contributed by atoms with Gasteiger partial charge in [0.15, 0.2) is 0 Å². The average molecular weight is 326 g/mol. The van der Waals surface area contributed by atoms with Crippen molar-refractivity contribution in [3.05, 3.63) is 34.4 Å². The number of aliphatic hydroxyl groups is 1. The molecule has 1 N–H and O–H groups in total. The lowest BCUT2D eigenvalue weighted by Gasteiger charge is -2.00. The monoisotopic (exact) mass is 325 g/mol. The summed E-state index contributed by atoms with van der Waals surface area (Å²) in [5.74, 6) is 0.156. The van der Waals surface area contributed by atoms with Crippen LogP contribution in [0.1, 0.15) is 12.3 Å². The Hall–Kier alpha value is -1.78. The van der Waals surface area contributed by atoms with E-state index >= 15 is 0 Å². The number of hydrogen-bond donors (Lipinski definition) is 1. The predicted molar refractivity (Wildman–Crippen MR) is 67.3 cm³/mol. The van der Waals surface area contributed by atoms with Gasteiger partial charge in [0.05, 0.1) is 25.0 Å². The summed E-state index contributed by atoms with van der Waals surface area (Å²) in [5, 5.41) is 21.7. The van der Waals surface area contributed by atoms with Gasteiger partial charge in [-0.2, -0.15) is 10.2 Å². The summed E-state index contributed by atoms with van der Waals surface area (Å²) in [4.78, 5) is 4.09. The molecule has 1 aromatic heterocycles. The largest absolute Gasteiger partial charge is 0.392 e. The number of halogens is 2. The Balaban J connectivity index is 2.19. The highest BCUT2D eigenvalue weighted by Crippen LogP contribution is 2.26. The highest BCUT2D eigenvalue weighted by atomic mass is 79.9. The molecule has 0 amide bonds. The average Bonchev–Trinajstić information content (AvgIpc) is 2.77. The molecule has 2 aromatic rings. The van der Waals surface area contributed by atoms with Crippen molar-refractivity contribution in [1.82, 2.24) is 10.1 Å². The van der Waals surface area contributed by atoms with E-state index in [1.54, 1.807) is 0 Å². The van der Waals surface area contributed by atoms with Gasteiger partial charge in [0, 0.05) is 10.0 Å². The van der Waals surface area contributed by atoms with Gasteiger partial charge in [-0.25, -0.2) is 4.39 Å². The van der Waals surface area contributed by atoms with Crippen molar-refractivity contribution in [3.63, 3.8) is 0 Å². The number of rotatable bonds is 4. The van der Waals surface area contributed by atoms with Crippen LogP contribution in [-0.2, 0) is 6.42 Å². The van der Waals surface area contributed by atoms with Gasteiger partial charge in [0.25, 0.3) is 0 Å². The zero-order chi connectivity index (χ0) is 13.8. The number of nitriles is 1. The van der Waals surface area contributed by atoms with E-state index < -0.39 is 6.10 Å². The van der Waals surface area contributed by atoms with Crippen molar-refractivity contribution in [3.8, 4) is 17.5 Å². The Morgan fingerprint density at radius 2 is 2.32 bits per heavy atom. The molecule has 1 heterocycles. The molecule has 0 bridgehead atoms. The molecular formula is C12H9BrFN3O2. The van der Waals surface area contributed by atoms with E-state index in [2.05, 4.69) is 26.1 Å². The molecule has 2 rings (SSSR count). The van der Waals surface area contributed by atoms with Crippen molar-refractivity contribution in [2.75, 3.05) is 0 Å². The van der Waals surface area contributed by atoms with Crippen molar-refractivity contribution < 1.29 is 14.0 Å². The van der Waals surface area contributed by atoms with Gasteiger partial charge in [-0.05, 0) is 34.1 Å². The molecule has 1 atom stereocenters. The van der Waals surface area contributed by atoms with Crippen LogP contribution in [0.2, 0.25) is 0 Å². The van der Waals surface area contributed by atoms with Crippen LogP contribution in [-0.4, -0.2) is 21.4 Å². The van der Waals surface area contributed by atoms with E-state index in [9.17, 15) is 9.50 Å². The lowest BCUT2D eigenvalue weighted by Crippen LogP contribution is -2.09. The van der Waals surface area contributed by atoms with E-state index in [0.717, 1.165) is 0 Å². The molecule has 1 unspecified atom stereocenters. The smallest absolute Gasteiger partial charge is 0.229 e. The van der Waals surface area contributed by atoms with Crippen LogP contribution in [0.25, 0.3) is 11.4 Å². The summed E-state index contributed by atoms with van der Waals surface area (Å²) in [6, 6.07) is 5.97. The van der Waals surface area contributed by atoms with E-state index in [1.807, 2.05) is 6.07 Å². The van der Waals surface area contributed by atoms with Gasteiger partial charge in [0.1, 0.15) is 5.82 Å². The first-order valence-electron chi connectivity index (χ1n) is 5.43. The molecule has 0 fully saturated rings. The minimum atomic E-state index is -0.838. The molecule has 98 valence electrons. The Morgan fingerprint density at radius 3 is 3.00 bits per heavy atom. The maximum Gasteiger partial charge on any atom is 0.229 e. The first kappa shape index (κ1) is 13.6. The molecule has 19 heavy (non-hydrogen) atoms. The molecule has 0 radical (unpaired) electrons. The van der Waals surface area contributed by atoms with Crippen LogP contribution in [0.5, 0.6) is 0 Å². The van der Waals surface area contributed by atoms with E-state index in [4.69, 9.17) is 9.78 Å². The van der Waals surface area contributed by atoms with Crippen molar-refractivity contribution >= 4 is 15.9 Å². The summed E-state index contributed by atoms with van der Waals surface area (Å²) in [5.41, 5.74) is 0.589. The number of aromatic nitrogens is 2. The van der Waals surface area contributed by atoms with Gasteiger partial charge < -0.3 is 9.63 Å². The van der Waals surface area contributed by atoms with Crippen molar-refractivity contribution in [2.45, 2.75) is 18.9 Å². The lowest BCUT2D eigenvalue weighted by molar-refractivity contribution is 0.167. The Labute approximate surface area is 116 Å². The lowest BCUT2D eigenvalue weighted by atomic mass is 10.2. The predicted octanol–water partition coefficient (Wildman–Crippen LogP) is 2.46. The van der Waals surface area contributed by atoms with Gasteiger partial charge in [0.2, 0.25) is 11.7 Å². The molecule has 0 aliphatic heterocycles. The fourth-order valence-electron chi connectivity index (χ4n) is 1.50. The highest BCUT2D eigenvalue weighted by Gasteiger charge is 2.15. The van der Waals surface area contributed by atoms with E-state index in [-0.39, 0.29) is 24.5 Å². The zero-order valence-electron chi connectivity index (χ0n) is 9.68. The van der Waals surface area contributed by atoms with Gasteiger partial charge in [-0.1, -0.05) is 5.16 Å². The maximum absolute atomic E-state index is 13.0. The van der Waals surface area contributed by atoms with Crippen LogP contribution < -0.4 is 0 Å². The second-order valence-electron chi connectivity index (χ2n) is 3.86. The van der Waals surface area contributed by atoms with Crippen LogP contribution in [0.3, 0.4) is 0 Å². The molecule has 0 aliphatic rings. The van der Waals surface area contributed by atoms with E-state index in [0.29, 0.717) is 15.9 Å². The molecule has 7 heteroatoms. The molecule has 1 aromatic carbocycles. The fourth-order valence-corrected chi connectivity index (χ4v) is 2.03. The molecule has 0 aliphatic carbocycles. The van der Waals surface area contributed by atoms with Gasteiger partial charge in [-0.15, -0.1) is 0 Å². The normalized spacial score (nSPS) is 12.1. The third-order valence-corrected chi connectivity index (χ3v) is 3.03. The van der Waals surface area contributed by atoms with Crippen LogP contribution in [0.4, 0.5) is 4.39 Å². The molecule has 0 saturated carbocycles. The summed E-state index contributed by atoms with van der Waals surface area (Å²) in [6.45, 7) is 0. The number of aliphatic hydroxyl groups excluding tert-OH is 1. The summed E-state index contributed by atoms with van der Waals surface area (Å²) in [7, 11) is 0. The topological polar surface area (TPSA) is 82.9 Å². The fraction of sp³-hybridized carbons (Fsp3) is 0.250. The van der Waals surface area contributed by atoms with Gasteiger partial charge >= 0.3 is 0 Å². The molecule has 0 spiro atoms. The second-order valence-corrected chi connectivity index (χ2v) is 4.71. The van der Waals surface area contributed by atoms with E-state index in [1.165, 1.54) is 18.2 Å². The maximum atomic E-state index is 13.0. The van der Waals surface area contributed by atoms with Crippen LogP contribution >= 0.6 is 15.9 Å². The quantitative estimate of drug-likeness (QED) is 0.933. The Bertz CT molecular complexity index is 624. The zero-order valence-corrected chi connectivity index (χ0v) is 11.3. The summed E-state index contributed by atoms with van der Waals surface area (Å²) in [6.07, 6.45) is -0.730. The van der Waals surface area contributed by atoms with Crippen molar-refractivity contribution in [1.29, 1.82) is 5.26 Å². The number of nitrogens with zero attached hydrogens (tertiary/aromatic N) is 3. The molecular weight excluding hydrogens is 317 g/mol. The second kappa shape index (κ2) is 5.91. The summed E-state index contributed by atoms with van der Waals surface area (Å²) >= 11 is 3.21. The third-order valence-electron chi connectivity index (χ3n) is 2.38.